The summed E-state index contributed by atoms with van der Waals surface area (Å²) in [5.41, 5.74) is 17.5. The van der Waals surface area contributed by atoms with E-state index in [0.717, 1.165) is 5.69 Å². The fraction of sp³-hybridized carbons (Fsp3) is 0.176. The van der Waals surface area contributed by atoms with Crippen molar-refractivity contribution in [1.29, 1.82) is 0 Å². The lowest BCUT2D eigenvalue weighted by atomic mass is 10.2. The molecule has 2 aromatic carbocycles. The van der Waals surface area contributed by atoms with Crippen molar-refractivity contribution in [3.63, 3.8) is 0 Å². The number of rotatable bonds is 4. The zero-order chi connectivity index (χ0) is 19.1. The Bertz CT molecular complexity index is 779. The van der Waals surface area contributed by atoms with E-state index in [1.165, 1.54) is 18.2 Å². The summed E-state index contributed by atoms with van der Waals surface area (Å²) in [5.74, 6) is -0.957. The molecule has 0 aliphatic rings. The Balaban J connectivity index is 0.000000257. The van der Waals surface area contributed by atoms with Crippen molar-refractivity contribution in [2.75, 3.05) is 11.1 Å². The molecule has 0 aromatic heterocycles. The quantitative estimate of drug-likeness (QED) is 0.605. The molecule has 7 N–H and O–H groups in total. The van der Waals surface area contributed by atoms with Crippen LogP contribution in [0.1, 0.15) is 34.6 Å². The number of amides is 2. The summed E-state index contributed by atoms with van der Waals surface area (Å²) in [6, 6.07) is 9.70. The van der Waals surface area contributed by atoms with E-state index in [1.807, 2.05) is 13.8 Å². The maximum Gasteiger partial charge on any atom is 0.248 e. The molecule has 0 saturated carbocycles. The summed E-state index contributed by atoms with van der Waals surface area (Å²) in [4.78, 5) is 21.5. The smallest absolute Gasteiger partial charge is 0.248 e. The summed E-state index contributed by atoms with van der Waals surface area (Å²) < 4.78 is 0. The lowest BCUT2D eigenvalue weighted by molar-refractivity contribution is 0.0992. The number of nitrogen functional groups attached to an aromatic ring is 1. The largest absolute Gasteiger partial charge is 0.398 e. The third-order valence-electron chi connectivity index (χ3n) is 2.98. The summed E-state index contributed by atoms with van der Waals surface area (Å²) in [6.07, 6.45) is 0. The molecule has 134 valence electrons. The summed E-state index contributed by atoms with van der Waals surface area (Å²) >= 11 is 11.5. The van der Waals surface area contributed by atoms with Crippen LogP contribution in [0.4, 0.5) is 11.4 Å². The molecule has 25 heavy (non-hydrogen) atoms. The van der Waals surface area contributed by atoms with Gasteiger partial charge in [-0.05, 0) is 50.2 Å². The van der Waals surface area contributed by atoms with Gasteiger partial charge in [-0.2, -0.15) is 0 Å². The van der Waals surface area contributed by atoms with Crippen molar-refractivity contribution in [2.45, 2.75) is 19.9 Å². The van der Waals surface area contributed by atoms with Crippen LogP contribution in [0.5, 0.6) is 0 Å². The summed E-state index contributed by atoms with van der Waals surface area (Å²) in [7, 11) is 0. The lowest BCUT2D eigenvalue weighted by Crippen LogP contribution is -2.14. The van der Waals surface area contributed by atoms with E-state index < -0.39 is 11.8 Å². The molecule has 0 aliphatic heterocycles. The molecule has 0 fully saturated rings. The van der Waals surface area contributed by atoms with Crippen LogP contribution in [0.15, 0.2) is 36.4 Å². The number of primary amides is 2. The Morgan fingerprint density at radius 3 is 1.84 bits per heavy atom. The first kappa shape index (κ1) is 20.6. The maximum absolute atomic E-state index is 10.9. The van der Waals surface area contributed by atoms with Crippen molar-refractivity contribution in [2.24, 2.45) is 11.5 Å². The first-order chi connectivity index (χ1) is 11.6. The number of hydrogen-bond donors (Lipinski definition) is 4. The molecule has 6 nitrogen and oxygen atoms in total. The highest BCUT2D eigenvalue weighted by Gasteiger charge is 2.06. The number of anilines is 2. The molecule has 8 heteroatoms. The molecule has 0 aliphatic carbocycles. The number of carbonyl (C=O) groups excluding carboxylic acids is 2. The normalized spacial score (nSPS) is 9.96. The Labute approximate surface area is 156 Å². The molecule has 0 heterocycles. The molecule has 2 rings (SSSR count). The van der Waals surface area contributed by atoms with Crippen molar-refractivity contribution >= 4 is 46.4 Å². The van der Waals surface area contributed by atoms with Crippen LogP contribution in [0.25, 0.3) is 0 Å². The van der Waals surface area contributed by atoms with Crippen LogP contribution in [0.3, 0.4) is 0 Å². The molecule has 2 amide bonds. The number of nitrogens with one attached hydrogen (secondary N) is 1. The van der Waals surface area contributed by atoms with Gasteiger partial charge in [-0.1, -0.05) is 23.2 Å². The molecule has 0 atom stereocenters. The highest BCUT2D eigenvalue weighted by atomic mass is 35.5. The second-order valence-corrected chi connectivity index (χ2v) is 6.27. The Hall–Kier alpha value is -2.44. The number of carbonyl (C=O) groups is 2. The molecule has 0 radical (unpaired) electrons. The molecule has 0 spiro atoms. The average Bonchev–Trinajstić information content (AvgIpc) is 2.52. The van der Waals surface area contributed by atoms with E-state index in [2.05, 4.69) is 5.32 Å². The highest BCUT2D eigenvalue weighted by Crippen LogP contribution is 2.23. The van der Waals surface area contributed by atoms with Gasteiger partial charge in [-0.25, -0.2) is 0 Å². The topological polar surface area (TPSA) is 124 Å². The minimum atomic E-state index is -0.506. The third kappa shape index (κ3) is 6.52. The lowest BCUT2D eigenvalue weighted by Gasteiger charge is -2.12. The van der Waals surface area contributed by atoms with Crippen molar-refractivity contribution in [3.8, 4) is 0 Å². The first-order valence-electron chi connectivity index (χ1n) is 7.32. The van der Waals surface area contributed by atoms with Gasteiger partial charge in [-0.15, -0.1) is 0 Å². The number of nitrogens with two attached hydrogens (primary N) is 3. The summed E-state index contributed by atoms with van der Waals surface area (Å²) in [5, 5.41) is 4.14. The van der Waals surface area contributed by atoms with E-state index in [-0.39, 0.29) is 6.04 Å². The zero-order valence-corrected chi connectivity index (χ0v) is 15.4. The number of benzene rings is 2. The van der Waals surface area contributed by atoms with Gasteiger partial charge < -0.3 is 22.5 Å². The van der Waals surface area contributed by atoms with Gasteiger partial charge in [0.1, 0.15) is 0 Å². The Morgan fingerprint density at radius 2 is 1.40 bits per heavy atom. The van der Waals surface area contributed by atoms with E-state index >= 15 is 0 Å². The van der Waals surface area contributed by atoms with Gasteiger partial charge in [0.25, 0.3) is 0 Å². The number of hydrogen-bond acceptors (Lipinski definition) is 4. The molecule has 0 bridgehead atoms. The van der Waals surface area contributed by atoms with Gasteiger partial charge in [0.2, 0.25) is 11.8 Å². The minimum absolute atomic E-state index is 0.260. The fourth-order valence-corrected chi connectivity index (χ4v) is 2.09. The molecular weight excluding hydrogens is 363 g/mol. The Kier molecular flexibility index (Phi) is 7.54. The molecule has 0 saturated heterocycles. The van der Waals surface area contributed by atoms with Crippen LogP contribution in [-0.2, 0) is 0 Å². The average molecular weight is 383 g/mol. The third-order valence-corrected chi connectivity index (χ3v) is 3.65. The molecule has 2 aromatic rings. The predicted octanol–water partition coefficient (Wildman–Crippen LogP) is 3.28. The highest BCUT2D eigenvalue weighted by molar-refractivity contribution is 6.33. The maximum atomic E-state index is 10.9. The van der Waals surface area contributed by atoms with Crippen molar-refractivity contribution in [3.05, 3.63) is 57.6 Å². The fourth-order valence-electron chi connectivity index (χ4n) is 1.80. The second-order valence-electron chi connectivity index (χ2n) is 5.46. The number of halogens is 2. The van der Waals surface area contributed by atoms with E-state index in [0.29, 0.717) is 26.9 Å². The standard InChI is InChI=1S/C10H13ClN2O.C7H7ClN2O/c1-6(2)13-9-5-7(10(12)14)3-4-8(9)11;8-5-2-1-4(7(10)11)3-6(5)9/h3-6,13H,1-2H3,(H2,12,14);1-3H,9H2,(H2,10,11). The van der Waals surface area contributed by atoms with Gasteiger partial charge in [0, 0.05) is 17.2 Å². The van der Waals surface area contributed by atoms with Crippen LogP contribution in [0, 0.1) is 0 Å². The van der Waals surface area contributed by atoms with E-state index in [9.17, 15) is 9.59 Å². The van der Waals surface area contributed by atoms with Crippen LogP contribution < -0.4 is 22.5 Å². The van der Waals surface area contributed by atoms with Crippen molar-refractivity contribution in [1.82, 2.24) is 0 Å². The SMILES string of the molecule is CC(C)Nc1cc(C(N)=O)ccc1Cl.NC(=O)c1ccc(Cl)c(N)c1. The van der Waals surface area contributed by atoms with Gasteiger partial charge in [0.05, 0.1) is 21.4 Å². The predicted molar refractivity (Wildman–Crippen MR) is 103 cm³/mol. The first-order valence-corrected chi connectivity index (χ1v) is 8.08. The minimum Gasteiger partial charge on any atom is -0.398 e. The monoisotopic (exact) mass is 382 g/mol. The van der Waals surface area contributed by atoms with Crippen LogP contribution >= 0.6 is 23.2 Å². The van der Waals surface area contributed by atoms with Crippen LogP contribution in [0.2, 0.25) is 10.0 Å². The van der Waals surface area contributed by atoms with Gasteiger partial charge >= 0.3 is 0 Å². The van der Waals surface area contributed by atoms with Crippen molar-refractivity contribution < 1.29 is 9.59 Å². The zero-order valence-electron chi connectivity index (χ0n) is 13.8. The van der Waals surface area contributed by atoms with E-state index in [1.54, 1.807) is 18.2 Å². The van der Waals surface area contributed by atoms with E-state index in [4.69, 9.17) is 40.4 Å². The van der Waals surface area contributed by atoms with Gasteiger partial charge in [-0.3, -0.25) is 9.59 Å². The molecular formula is C17H20Cl2N4O2. The second kappa shape index (κ2) is 9.15. The molecule has 0 unspecified atom stereocenters. The Morgan fingerprint density at radius 1 is 0.920 bits per heavy atom. The van der Waals surface area contributed by atoms with Crippen LogP contribution in [-0.4, -0.2) is 17.9 Å². The van der Waals surface area contributed by atoms with Gasteiger partial charge in [0.15, 0.2) is 0 Å². The summed E-state index contributed by atoms with van der Waals surface area (Å²) in [6.45, 7) is 3.99.